The molecular weight excluding hydrogens is 352 g/mol. The summed E-state index contributed by atoms with van der Waals surface area (Å²) in [5, 5.41) is 20.4. The molecule has 6 nitrogen and oxygen atoms in total. The van der Waals surface area contributed by atoms with E-state index in [-0.39, 0.29) is 30.2 Å². The monoisotopic (exact) mass is 378 g/mol. The number of nitrogens with one attached hydrogen (secondary N) is 2. The normalized spacial score (nSPS) is 19.4. The second-order valence-corrected chi connectivity index (χ2v) is 7.04. The summed E-state index contributed by atoms with van der Waals surface area (Å²) in [5.74, 6) is 0.0723. The molecule has 7 heteroatoms. The van der Waals surface area contributed by atoms with E-state index in [4.69, 9.17) is 0 Å². The lowest BCUT2D eigenvalue weighted by Gasteiger charge is -2.16. The molecule has 1 aromatic carbocycles. The van der Waals surface area contributed by atoms with Crippen LogP contribution in [-0.2, 0) is 0 Å². The maximum atomic E-state index is 12.7. The van der Waals surface area contributed by atoms with Gasteiger partial charge in [0.05, 0.1) is 29.2 Å². The zero-order valence-electron chi connectivity index (χ0n) is 15.4. The number of amides is 1. The molecule has 1 saturated heterocycles. The van der Waals surface area contributed by atoms with Crippen LogP contribution in [0.1, 0.15) is 41.4 Å². The number of hydrogen-bond acceptors (Lipinski definition) is 4. The van der Waals surface area contributed by atoms with E-state index in [1.807, 2.05) is 35.9 Å². The zero-order valence-corrected chi connectivity index (χ0v) is 16.2. The van der Waals surface area contributed by atoms with E-state index in [9.17, 15) is 9.90 Å². The molecule has 1 aliphatic heterocycles. The number of aromatic nitrogens is 2. The molecule has 142 valence electrons. The van der Waals surface area contributed by atoms with Crippen molar-refractivity contribution in [3.05, 3.63) is 47.3 Å². The van der Waals surface area contributed by atoms with Gasteiger partial charge in [-0.15, -0.1) is 12.4 Å². The number of hydrogen-bond donors (Lipinski definition) is 3. The average Bonchev–Trinajstić information content (AvgIpc) is 3.20. The van der Waals surface area contributed by atoms with Crippen molar-refractivity contribution in [3.63, 3.8) is 0 Å². The summed E-state index contributed by atoms with van der Waals surface area (Å²) in [6, 6.07) is 8.09. The molecule has 1 aliphatic rings. The first-order valence-corrected chi connectivity index (χ1v) is 8.79. The van der Waals surface area contributed by atoms with Crippen LogP contribution in [0.15, 0.2) is 30.5 Å². The van der Waals surface area contributed by atoms with Gasteiger partial charge in [0.25, 0.3) is 5.91 Å². The maximum Gasteiger partial charge on any atom is 0.254 e. The van der Waals surface area contributed by atoms with Crippen molar-refractivity contribution in [2.24, 2.45) is 5.92 Å². The Bertz CT molecular complexity index is 742. The lowest BCUT2D eigenvalue weighted by molar-refractivity contribution is 0.0925. The first-order chi connectivity index (χ1) is 12.0. The summed E-state index contributed by atoms with van der Waals surface area (Å²) < 4.78 is 1.84. The second kappa shape index (κ2) is 8.66. The van der Waals surface area contributed by atoms with Crippen molar-refractivity contribution >= 4 is 18.3 Å². The summed E-state index contributed by atoms with van der Waals surface area (Å²) in [7, 11) is 0. The highest BCUT2D eigenvalue weighted by Gasteiger charge is 2.26. The Hall–Kier alpha value is -1.89. The number of halogens is 1. The van der Waals surface area contributed by atoms with Crippen molar-refractivity contribution in [2.75, 3.05) is 19.6 Å². The molecule has 1 fully saturated rings. The number of β-amino-alcohol motifs (C(OH)–C–C–N with tert-alkyl or cyclic N) is 1. The predicted molar refractivity (Wildman–Crippen MR) is 104 cm³/mol. The molecule has 3 N–H and O–H groups in total. The molecule has 1 aromatic heterocycles. The van der Waals surface area contributed by atoms with Gasteiger partial charge in [-0.05, 0) is 25.0 Å². The van der Waals surface area contributed by atoms with E-state index in [1.165, 1.54) is 5.56 Å². The predicted octanol–water partition coefficient (Wildman–Crippen LogP) is 2.04. The summed E-state index contributed by atoms with van der Waals surface area (Å²) in [4.78, 5) is 12.7. The van der Waals surface area contributed by atoms with Crippen molar-refractivity contribution in [1.29, 1.82) is 0 Å². The Labute approximate surface area is 160 Å². The minimum Gasteiger partial charge on any atom is -0.391 e. The Kier molecular flexibility index (Phi) is 6.81. The van der Waals surface area contributed by atoms with Gasteiger partial charge in [0.15, 0.2) is 0 Å². The molecule has 2 heterocycles. The second-order valence-electron chi connectivity index (χ2n) is 7.04. The first kappa shape index (κ1) is 20.4. The first-order valence-electron chi connectivity index (χ1n) is 8.79. The third-order valence-corrected chi connectivity index (χ3v) is 4.71. The van der Waals surface area contributed by atoms with Gasteiger partial charge in [0, 0.05) is 25.6 Å². The molecule has 2 aromatic rings. The fourth-order valence-corrected chi connectivity index (χ4v) is 3.23. The molecule has 0 saturated carbocycles. The number of rotatable bonds is 5. The van der Waals surface area contributed by atoms with Crippen LogP contribution in [0.4, 0.5) is 0 Å². The molecular formula is C19H27ClN4O2. The number of carbonyl (C=O) groups is 1. The summed E-state index contributed by atoms with van der Waals surface area (Å²) in [6.07, 6.45) is 1.23. The average molecular weight is 379 g/mol. The highest BCUT2D eigenvalue weighted by molar-refractivity contribution is 5.95. The van der Waals surface area contributed by atoms with Gasteiger partial charge < -0.3 is 15.7 Å². The van der Waals surface area contributed by atoms with Gasteiger partial charge in [0.2, 0.25) is 0 Å². The van der Waals surface area contributed by atoms with Gasteiger partial charge >= 0.3 is 0 Å². The van der Waals surface area contributed by atoms with E-state index in [2.05, 4.69) is 29.6 Å². The zero-order chi connectivity index (χ0) is 18.0. The number of aliphatic hydroxyl groups excluding tert-OH is 1. The number of benzene rings is 1. The lowest BCUT2D eigenvalue weighted by Crippen LogP contribution is -2.34. The largest absolute Gasteiger partial charge is 0.391 e. The smallest absolute Gasteiger partial charge is 0.254 e. The van der Waals surface area contributed by atoms with Crippen LogP contribution in [0.5, 0.6) is 0 Å². The topological polar surface area (TPSA) is 79.2 Å². The fourth-order valence-electron chi connectivity index (χ4n) is 3.23. The SMILES string of the molecule is Cc1ccc(-n2ncc(C(=O)NCC3CNCC3O)c2C(C)C)cc1.Cl. The van der Waals surface area contributed by atoms with Crippen LogP contribution in [0.2, 0.25) is 0 Å². The van der Waals surface area contributed by atoms with Crippen LogP contribution in [0, 0.1) is 12.8 Å². The Morgan fingerprint density at radius 3 is 2.62 bits per heavy atom. The van der Waals surface area contributed by atoms with E-state index in [0.29, 0.717) is 18.7 Å². The Balaban J connectivity index is 0.00000243. The summed E-state index contributed by atoms with van der Waals surface area (Å²) in [6.45, 7) is 7.93. The van der Waals surface area contributed by atoms with E-state index >= 15 is 0 Å². The van der Waals surface area contributed by atoms with E-state index < -0.39 is 6.10 Å². The third kappa shape index (κ3) is 4.26. The Morgan fingerprint density at radius 1 is 1.35 bits per heavy atom. The van der Waals surface area contributed by atoms with Gasteiger partial charge in [-0.25, -0.2) is 4.68 Å². The van der Waals surface area contributed by atoms with Crippen LogP contribution in [0.3, 0.4) is 0 Å². The lowest BCUT2D eigenvalue weighted by atomic mass is 10.0. The molecule has 3 rings (SSSR count). The van der Waals surface area contributed by atoms with Crippen molar-refractivity contribution < 1.29 is 9.90 Å². The number of aliphatic hydroxyl groups is 1. The van der Waals surface area contributed by atoms with Crippen LogP contribution < -0.4 is 10.6 Å². The minimum absolute atomic E-state index is 0. The molecule has 0 radical (unpaired) electrons. The van der Waals surface area contributed by atoms with Crippen molar-refractivity contribution in [3.8, 4) is 5.69 Å². The molecule has 0 aliphatic carbocycles. The van der Waals surface area contributed by atoms with Crippen LogP contribution >= 0.6 is 12.4 Å². The molecule has 0 spiro atoms. The highest BCUT2D eigenvalue weighted by atomic mass is 35.5. The number of aryl methyl sites for hydroxylation is 1. The number of nitrogens with zero attached hydrogens (tertiary/aromatic N) is 2. The molecule has 1 amide bonds. The third-order valence-electron chi connectivity index (χ3n) is 4.71. The van der Waals surface area contributed by atoms with Gasteiger partial charge in [-0.1, -0.05) is 31.5 Å². The quantitative estimate of drug-likeness (QED) is 0.743. The van der Waals surface area contributed by atoms with Crippen LogP contribution in [0.25, 0.3) is 5.69 Å². The minimum atomic E-state index is -0.403. The molecule has 26 heavy (non-hydrogen) atoms. The highest BCUT2D eigenvalue weighted by Crippen LogP contribution is 2.23. The van der Waals surface area contributed by atoms with Gasteiger partial charge in [0.1, 0.15) is 0 Å². The van der Waals surface area contributed by atoms with Gasteiger partial charge in [-0.2, -0.15) is 5.10 Å². The van der Waals surface area contributed by atoms with Crippen molar-refractivity contribution in [1.82, 2.24) is 20.4 Å². The fraction of sp³-hybridized carbons (Fsp3) is 0.474. The molecule has 2 atom stereocenters. The molecule has 0 bridgehead atoms. The van der Waals surface area contributed by atoms with Crippen LogP contribution in [-0.4, -0.2) is 46.5 Å². The van der Waals surface area contributed by atoms with Crippen molar-refractivity contribution in [2.45, 2.75) is 32.8 Å². The van der Waals surface area contributed by atoms with Gasteiger partial charge in [-0.3, -0.25) is 4.79 Å². The van der Waals surface area contributed by atoms with E-state index in [1.54, 1.807) is 6.20 Å². The molecule has 2 unspecified atom stereocenters. The summed E-state index contributed by atoms with van der Waals surface area (Å²) in [5.41, 5.74) is 3.62. The maximum absolute atomic E-state index is 12.7. The standard InChI is InChI=1S/C19H26N4O2.ClH/c1-12(2)18-16(19(25)21-9-14-8-20-11-17(14)24)10-22-23(18)15-6-4-13(3)5-7-15;/h4-7,10,12,14,17,20,24H,8-9,11H2,1-3H3,(H,21,25);1H. The Morgan fingerprint density at radius 2 is 2.04 bits per heavy atom. The summed E-state index contributed by atoms with van der Waals surface area (Å²) >= 11 is 0. The van der Waals surface area contributed by atoms with E-state index in [0.717, 1.165) is 17.9 Å². The number of carbonyl (C=O) groups excluding carboxylic acids is 1.